The minimum absolute atomic E-state index is 0.0370. The van der Waals surface area contributed by atoms with Gasteiger partial charge in [-0.05, 0) is 97.7 Å². The summed E-state index contributed by atoms with van der Waals surface area (Å²) in [7, 11) is -2.10. The van der Waals surface area contributed by atoms with E-state index in [4.69, 9.17) is 20.8 Å². The van der Waals surface area contributed by atoms with Gasteiger partial charge in [0, 0.05) is 10.7 Å². The fourth-order valence-corrected chi connectivity index (χ4v) is 6.97. The third kappa shape index (κ3) is 8.40. The Morgan fingerprint density at radius 1 is 0.891 bits per heavy atom. The Morgan fingerprint density at radius 3 is 2.09 bits per heavy atom. The lowest BCUT2D eigenvalue weighted by atomic mass is 9.85. The van der Waals surface area contributed by atoms with Crippen LogP contribution in [0.4, 0.5) is 19.3 Å². The number of ether oxygens (including phenoxy) is 1. The molecule has 4 aromatic rings. The van der Waals surface area contributed by atoms with Crippen LogP contribution in [0.5, 0.6) is 0 Å². The number of amides is 2. The Kier molecular flexibility index (Phi) is 10.6. The predicted molar refractivity (Wildman–Crippen MR) is 178 cm³/mol. The van der Waals surface area contributed by atoms with E-state index < -0.39 is 50.2 Å². The third-order valence-corrected chi connectivity index (χ3v) is 9.13. The summed E-state index contributed by atoms with van der Waals surface area (Å²) in [6.07, 6.45) is -0.443. The van der Waals surface area contributed by atoms with Gasteiger partial charge in [-0.2, -0.15) is 0 Å². The van der Waals surface area contributed by atoms with Crippen LogP contribution in [0.2, 0.25) is 24.7 Å². The number of benzene rings is 4. The van der Waals surface area contributed by atoms with Crippen LogP contribution in [0.3, 0.4) is 0 Å². The van der Waals surface area contributed by atoms with Gasteiger partial charge in [0.1, 0.15) is 24.3 Å². The average Bonchev–Trinajstić information content (AvgIpc) is 3.42. The summed E-state index contributed by atoms with van der Waals surface area (Å²) >= 11 is 6.25. The SMILES string of the molecule is C[Si](C)(C)O[C@H](CC[C@@H](C(=O)N1C(=O)OC[C@H]1c1ccccc1)[C@H](Nc1ccc(F)cc1)c1ccc(Cl)cc1)c1ccc(F)cc1. The van der Waals surface area contributed by atoms with Crippen LogP contribution in [0, 0.1) is 17.6 Å². The highest BCUT2D eigenvalue weighted by atomic mass is 35.5. The number of carbonyl (C=O) groups excluding carboxylic acids is 2. The zero-order valence-electron chi connectivity index (χ0n) is 26.0. The molecule has 0 unspecified atom stereocenters. The molecule has 1 saturated heterocycles. The quantitative estimate of drug-likeness (QED) is 0.153. The first-order valence-electron chi connectivity index (χ1n) is 15.2. The molecule has 1 aliphatic heterocycles. The van der Waals surface area contributed by atoms with Gasteiger partial charge in [-0.1, -0.05) is 66.2 Å². The predicted octanol–water partition coefficient (Wildman–Crippen LogP) is 9.48. The second-order valence-electron chi connectivity index (χ2n) is 12.3. The van der Waals surface area contributed by atoms with Crippen LogP contribution >= 0.6 is 11.6 Å². The molecular formula is C36H37ClF2N2O4Si. The fourth-order valence-electron chi connectivity index (χ4n) is 5.74. The molecule has 4 aromatic carbocycles. The molecule has 46 heavy (non-hydrogen) atoms. The van der Waals surface area contributed by atoms with Crippen LogP contribution in [0.25, 0.3) is 0 Å². The molecule has 6 nitrogen and oxygen atoms in total. The number of halogens is 3. The number of hydrogen-bond acceptors (Lipinski definition) is 5. The van der Waals surface area contributed by atoms with Gasteiger partial charge in [0.2, 0.25) is 5.91 Å². The number of nitrogens with zero attached hydrogens (tertiary/aromatic N) is 1. The number of nitrogens with one attached hydrogen (secondary N) is 1. The van der Waals surface area contributed by atoms with Crippen molar-refractivity contribution in [1.29, 1.82) is 0 Å². The van der Waals surface area contributed by atoms with Crippen molar-refractivity contribution in [1.82, 2.24) is 4.90 Å². The molecular weight excluding hydrogens is 626 g/mol. The van der Waals surface area contributed by atoms with E-state index in [0.29, 0.717) is 17.1 Å². The summed E-state index contributed by atoms with van der Waals surface area (Å²) < 4.78 is 39.8. The van der Waals surface area contributed by atoms with Gasteiger partial charge < -0.3 is 14.5 Å². The fraction of sp³-hybridized carbons (Fsp3) is 0.278. The summed E-state index contributed by atoms with van der Waals surface area (Å²) in [4.78, 5) is 29.2. The molecule has 0 bridgehead atoms. The van der Waals surface area contributed by atoms with Crippen molar-refractivity contribution in [3.63, 3.8) is 0 Å². The topological polar surface area (TPSA) is 67.9 Å². The van der Waals surface area contributed by atoms with Gasteiger partial charge in [-0.25, -0.2) is 18.5 Å². The smallest absolute Gasteiger partial charge is 0.417 e. The normalized spacial score (nSPS) is 16.9. The zero-order chi connectivity index (χ0) is 32.8. The van der Waals surface area contributed by atoms with E-state index in [9.17, 15) is 18.4 Å². The molecule has 0 radical (unpaired) electrons. The molecule has 2 amide bonds. The molecule has 1 N–H and O–H groups in total. The molecule has 0 aromatic heterocycles. The molecule has 4 atom stereocenters. The summed E-state index contributed by atoms with van der Waals surface area (Å²) in [6, 6.07) is 27.3. The molecule has 0 saturated carbocycles. The molecule has 1 fully saturated rings. The first-order chi connectivity index (χ1) is 22.0. The van der Waals surface area contributed by atoms with Gasteiger partial charge in [0.05, 0.1) is 18.1 Å². The van der Waals surface area contributed by atoms with Crippen molar-refractivity contribution in [2.24, 2.45) is 5.92 Å². The number of rotatable bonds is 12. The van der Waals surface area contributed by atoms with Crippen molar-refractivity contribution in [2.75, 3.05) is 11.9 Å². The Balaban J connectivity index is 1.57. The third-order valence-electron chi connectivity index (χ3n) is 7.89. The second kappa shape index (κ2) is 14.6. The van der Waals surface area contributed by atoms with E-state index in [1.54, 1.807) is 36.4 Å². The number of hydrogen-bond donors (Lipinski definition) is 1. The van der Waals surface area contributed by atoms with Gasteiger partial charge in [-0.15, -0.1) is 0 Å². The Bertz CT molecular complexity index is 1620. The molecule has 1 heterocycles. The lowest BCUT2D eigenvalue weighted by Gasteiger charge is -2.34. The highest BCUT2D eigenvalue weighted by molar-refractivity contribution is 6.69. The zero-order valence-corrected chi connectivity index (χ0v) is 27.7. The maximum atomic E-state index is 14.8. The van der Waals surface area contributed by atoms with Crippen LogP contribution in [0.15, 0.2) is 103 Å². The van der Waals surface area contributed by atoms with E-state index in [1.807, 2.05) is 42.5 Å². The van der Waals surface area contributed by atoms with Crippen LogP contribution < -0.4 is 5.32 Å². The first-order valence-corrected chi connectivity index (χ1v) is 19.0. The monoisotopic (exact) mass is 662 g/mol. The van der Waals surface area contributed by atoms with Crippen LogP contribution in [0.1, 0.15) is 47.7 Å². The van der Waals surface area contributed by atoms with E-state index >= 15 is 0 Å². The average molecular weight is 663 g/mol. The molecule has 10 heteroatoms. The first kappa shape index (κ1) is 33.3. The molecule has 0 aliphatic carbocycles. The Hall–Kier alpha value is -4.05. The van der Waals surface area contributed by atoms with Gasteiger partial charge in [0.25, 0.3) is 0 Å². The van der Waals surface area contributed by atoms with Crippen molar-refractivity contribution < 1.29 is 27.5 Å². The maximum Gasteiger partial charge on any atom is 0.417 e. The lowest BCUT2D eigenvalue weighted by Crippen LogP contribution is -2.42. The van der Waals surface area contributed by atoms with E-state index in [0.717, 1.165) is 16.7 Å². The molecule has 0 spiro atoms. The lowest BCUT2D eigenvalue weighted by molar-refractivity contribution is -0.134. The van der Waals surface area contributed by atoms with Crippen LogP contribution in [-0.4, -0.2) is 31.8 Å². The summed E-state index contributed by atoms with van der Waals surface area (Å²) in [6.45, 7) is 6.26. The largest absolute Gasteiger partial charge is 0.446 e. The van der Waals surface area contributed by atoms with E-state index in [-0.39, 0.29) is 18.8 Å². The van der Waals surface area contributed by atoms with Gasteiger partial charge in [-0.3, -0.25) is 4.79 Å². The second-order valence-corrected chi connectivity index (χ2v) is 17.2. The minimum Gasteiger partial charge on any atom is -0.446 e. The van der Waals surface area contributed by atoms with Crippen molar-refractivity contribution in [2.45, 2.75) is 50.7 Å². The number of imide groups is 1. The number of cyclic esters (lactones) is 1. The van der Waals surface area contributed by atoms with E-state index in [2.05, 4.69) is 25.0 Å². The van der Waals surface area contributed by atoms with Crippen molar-refractivity contribution in [3.05, 3.63) is 136 Å². The number of carbonyl (C=O) groups is 2. The molecule has 1 aliphatic rings. The summed E-state index contributed by atoms with van der Waals surface area (Å²) in [5.41, 5.74) is 2.92. The summed E-state index contributed by atoms with van der Waals surface area (Å²) in [5.74, 6) is -1.97. The highest BCUT2D eigenvalue weighted by Crippen LogP contribution is 2.39. The maximum absolute atomic E-state index is 14.8. The Morgan fingerprint density at radius 2 is 1.48 bits per heavy atom. The van der Waals surface area contributed by atoms with Gasteiger partial charge in [0.15, 0.2) is 8.32 Å². The molecule has 240 valence electrons. The van der Waals surface area contributed by atoms with Gasteiger partial charge >= 0.3 is 6.09 Å². The Labute approximate surface area is 274 Å². The summed E-state index contributed by atoms with van der Waals surface area (Å²) in [5, 5.41) is 3.97. The molecule has 5 rings (SSSR count). The van der Waals surface area contributed by atoms with Crippen molar-refractivity contribution in [3.8, 4) is 0 Å². The minimum atomic E-state index is -2.10. The van der Waals surface area contributed by atoms with Crippen molar-refractivity contribution >= 4 is 37.6 Å². The standard InChI is InChI=1S/C36H37ClF2N2O4Si/c1-46(2,3)45-33(25-11-15-28(38)16-12-25)22-21-31(35(42)41-32(23-44-36(41)43)24-7-5-4-6-8-24)34(26-9-13-27(37)14-10-26)40-30-19-17-29(39)18-20-30/h4-20,31-34,40H,21-23H2,1-3H3/t31-,32+,33-,34-/m1/s1. The number of anilines is 1. The van der Waals surface area contributed by atoms with Crippen LogP contribution in [-0.2, 0) is 14.0 Å². The van der Waals surface area contributed by atoms with E-state index in [1.165, 1.54) is 29.2 Å². The highest BCUT2D eigenvalue weighted by Gasteiger charge is 2.44.